The highest BCUT2D eigenvalue weighted by molar-refractivity contribution is 7.11. The maximum Gasteiger partial charge on any atom is 0.136 e. The number of hydrogen-bond donors (Lipinski definition) is 1. The lowest BCUT2D eigenvalue weighted by atomic mass is 10.1. The molecule has 2 aromatic carbocycles. The first-order chi connectivity index (χ1) is 12.1. The normalized spacial score (nSPS) is 11.2. The number of hydrogen-bond acceptors (Lipinski definition) is 4. The third-order valence-corrected chi connectivity index (χ3v) is 4.98. The summed E-state index contributed by atoms with van der Waals surface area (Å²) in [6, 6.07) is 15.8. The standard InChI is InChI=1S/C20H16ClN3S/c1-13-6-7-15(8-14(13)2)19-12-25-20(24-19)16(10-22)11-23-18-5-3-4-17(21)9-18/h3-9,11-12,23H,1-2H3. The second kappa shape index (κ2) is 7.52. The molecular formula is C20H16ClN3S. The van der Waals surface area contributed by atoms with E-state index in [1.54, 1.807) is 18.3 Å². The van der Waals surface area contributed by atoms with Gasteiger partial charge in [0, 0.05) is 27.9 Å². The van der Waals surface area contributed by atoms with E-state index < -0.39 is 0 Å². The molecule has 0 saturated carbocycles. The number of allylic oxidation sites excluding steroid dienone is 1. The highest BCUT2D eigenvalue weighted by atomic mass is 35.5. The molecule has 0 atom stereocenters. The van der Waals surface area contributed by atoms with Gasteiger partial charge in [0.05, 0.1) is 5.69 Å². The molecule has 0 spiro atoms. The number of thiazole rings is 1. The Hall–Kier alpha value is -2.61. The van der Waals surface area contributed by atoms with E-state index in [-0.39, 0.29) is 0 Å². The van der Waals surface area contributed by atoms with Gasteiger partial charge in [-0.1, -0.05) is 29.8 Å². The number of nitriles is 1. The van der Waals surface area contributed by atoms with Gasteiger partial charge in [-0.3, -0.25) is 0 Å². The average Bonchev–Trinajstić information content (AvgIpc) is 3.08. The third-order valence-electron chi connectivity index (χ3n) is 3.87. The molecule has 0 saturated heterocycles. The van der Waals surface area contributed by atoms with Crippen LogP contribution < -0.4 is 5.32 Å². The zero-order valence-electron chi connectivity index (χ0n) is 13.9. The smallest absolute Gasteiger partial charge is 0.136 e. The summed E-state index contributed by atoms with van der Waals surface area (Å²) in [6.45, 7) is 4.17. The molecule has 5 heteroatoms. The largest absolute Gasteiger partial charge is 0.360 e. The molecule has 3 nitrogen and oxygen atoms in total. The Bertz CT molecular complexity index is 983. The van der Waals surface area contributed by atoms with Crippen molar-refractivity contribution < 1.29 is 0 Å². The van der Waals surface area contributed by atoms with Gasteiger partial charge in [0.15, 0.2) is 0 Å². The van der Waals surface area contributed by atoms with E-state index in [1.807, 2.05) is 17.5 Å². The summed E-state index contributed by atoms with van der Waals surface area (Å²) in [5.74, 6) is 0. The molecule has 0 bridgehead atoms. The number of nitrogens with zero attached hydrogens (tertiary/aromatic N) is 2. The minimum atomic E-state index is 0.486. The topological polar surface area (TPSA) is 48.7 Å². The molecule has 1 aromatic heterocycles. The van der Waals surface area contributed by atoms with E-state index in [2.05, 4.69) is 48.4 Å². The minimum Gasteiger partial charge on any atom is -0.360 e. The third kappa shape index (κ3) is 4.08. The van der Waals surface area contributed by atoms with Crippen LogP contribution in [0, 0.1) is 25.2 Å². The summed E-state index contributed by atoms with van der Waals surface area (Å²) < 4.78 is 0. The van der Waals surface area contributed by atoms with Crippen LogP contribution in [0.1, 0.15) is 16.1 Å². The lowest BCUT2D eigenvalue weighted by molar-refractivity contribution is 1.31. The van der Waals surface area contributed by atoms with Crippen LogP contribution >= 0.6 is 22.9 Å². The zero-order chi connectivity index (χ0) is 17.8. The summed E-state index contributed by atoms with van der Waals surface area (Å²) in [7, 11) is 0. The van der Waals surface area contributed by atoms with E-state index in [0.29, 0.717) is 15.6 Å². The molecule has 25 heavy (non-hydrogen) atoms. The Labute approximate surface area is 156 Å². The first kappa shape index (κ1) is 17.2. The van der Waals surface area contributed by atoms with Crippen molar-refractivity contribution in [1.82, 2.24) is 4.98 Å². The summed E-state index contributed by atoms with van der Waals surface area (Å²) in [6.07, 6.45) is 1.66. The number of halogens is 1. The fourth-order valence-electron chi connectivity index (χ4n) is 2.31. The molecule has 0 amide bonds. The monoisotopic (exact) mass is 365 g/mol. The van der Waals surface area contributed by atoms with Crippen molar-refractivity contribution in [2.45, 2.75) is 13.8 Å². The highest BCUT2D eigenvalue weighted by Gasteiger charge is 2.09. The predicted octanol–water partition coefficient (Wildman–Crippen LogP) is 6.06. The molecule has 0 fully saturated rings. The van der Waals surface area contributed by atoms with Gasteiger partial charge >= 0.3 is 0 Å². The Morgan fingerprint density at radius 2 is 2.04 bits per heavy atom. The maximum atomic E-state index is 9.45. The van der Waals surface area contributed by atoms with Crippen LogP contribution in [0.2, 0.25) is 5.02 Å². The summed E-state index contributed by atoms with van der Waals surface area (Å²) in [5.41, 5.74) is 5.73. The van der Waals surface area contributed by atoms with Crippen molar-refractivity contribution in [3.8, 4) is 17.3 Å². The fraction of sp³-hybridized carbons (Fsp3) is 0.100. The molecule has 3 rings (SSSR count). The van der Waals surface area contributed by atoms with Gasteiger partial charge < -0.3 is 5.32 Å². The molecule has 3 aromatic rings. The second-order valence-corrected chi connectivity index (χ2v) is 6.96. The predicted molar refractivity (Wildman–Crippen MR) is 106 cm³/mol. The maximum absolute atomic E-state index is 9.45. The number of anilines is 1. The molecule has 1 N–H and O–H groups in total. The molecule has 1 heterocycles. The molecular weight excluding hydrogens is 350 g/mol. The van der Waals surface area contributed by atoms with Gasteiger partial charge in [-0.25, -0.2) is 4.98 Å². The molecule has 0 aliphatic rings. The zero-order valence-corrected chi connectivity index (χ0v) is 15.4. The molecule has 0 aliphatic carbocycles. The number of benzene rings is 2. The van der Waals surface area contributed by atoms with Gasteiger partial charge in [0.25, 0.3) is 0 Å². The van der Waals surface area contributed by atoms with Crippen molar-refractivity contribution >= 4 is 34.2 Å². The van der Waals surface area contributed by atoms with Crippen LogP contribution in [0.15, 0.2) is 54.0 Å². The van der Waals surface area contributed by atoms with E-state index >= 15 is 0 Å². The van der Waals surface area contributed by atoms with Crippen LogP contribution in [0.25, 0.3) is 16.8 Å². The summed E-state index contributed by atoms with van der Waals surface area (Å²) in [4.78, 5) is 4.61. The SMILES string of the molecule is Cc1ccc(-c2csc(C(C#N)=CNc3cccc(Cl)c3)n2)cc1C. The van der Waals surface area contributed by atoms with Crippen LogP contribution in [-0.4, -0.2) is 4.98 Å². The minimum absolute atomic E-state index is 0.486. The van der Waals surface area contributed by atoms with Crippen LogP contribution in [0.3, 0.4) is 0 Å². The van der Waals surface area contributed by atoms with E-state index in [0.717, 1.165) is 16.9 Å². The Morgan fingerprint density at radius 3 is 2.76 bits per heavy atom. The van der Waals surface area contributed by atoms with Gasteiger partial charge in [-0.05, 0) is 49.2 Å². The Kier molecular flexibility index (Phi) is 5.18. The lowest BCUT2D eigenvalue weighted by Crippen LogP contribution is -1.91. The first-order valence-electron chi connectivity index (χ1n) is 7.73. The van der Waals surface area contributed by atoms with Crippen molar-refractivity contribution in [1.29, 1.82) is 5.26 Å². The van der Waals surface area contributed by atoms with E-state index in [4.69, 9.17) is 11.6 Å². The lowest BCUT2D eigenvalue weighted by Gasteiger charge is -2.03. The van der Waals surface area contributed by atoms with Crippen molar-refractivity contribution in [3.05, 3.63) is 75.2 Å². The van der Waals surface area contributed by atoms with Crippen molar-refractivity contribution in [2.75, 3.05) is 5.32 Å². The van der Waals surface area contributed by atoms with E-state index in [9.17, 15) is 5.26 Å². The molecule has 0 unspecified atom stereocenters. The van der Waals surface area contributed by atoms with Gasteiger partial charge in [-0.2, -0.15) is 5.26 Å². The second-order valence-electron chi connectivity index (χ2n) is 5.66. The molecule has 0 aliphatic heterocycles. The average molecular weight is 366 g/mol. The Balaban J connectivity index is 1.85. The van der Waals surface area contributed by atoms with Crippen LogP contribution in [-0.2, 0) is 0 Å². The fourth-order valence-corrected chi connectivity index (χ4v) is 3.29. The highest BCUT2D eigenvalue weighted by Crippen LogP contribution is 2.27. The quantitative estimate of drug-likeness (QED) is 0.572. The first-order valence-corrected chi connectivity index (χ1v) is 8.98. The van der Waals surface area contributed by atoms with Gasteiger partial charge in [0.1, 0.15) is 16.6 Å². The molecule has 0 radical (unpaired) electrons. The van der Waals surface area contributed by atoms with Crippen LogP contribution in [0.5, 0.6) is 0 Å². The molecule has 124 valence electrons. The summed E-state index contributed by atoms with van der Waals surface area (Å²) in [5, 5.41) is 15.9. The number of aromatic nitrogens is 1. The van der Waals surface area contributed by atoms with Crippen molar-refractivity contribution in [2.24, 2.45) is 0 Å². The number of aryl methyl sites for hydroxylation is 2. The van der Waals surface area contributed by atoms with Crippen LogP contribution in [0.4, 0.5) is 5.69 Å². The Morgan fingerprint density at radius 1 is 1.20 bits per heavy atom. The van der Waals surface area contributed by atoms with Crippen molar-refractivity contribution in [3.63, 3.8) is 0 Å². The number of rotatable bonds is 4. The van der Waals surface area contributed by atoms with E-state index in [1.165, 1.54) is 22.5 Å². The van der Waals surface area contributed by atoms with Gasteiger partial charge in [0.2, 0.25) is 0 Å². The summed E-state index contributed by atoms with van der Waals surface area (Å²) >= 11 is 7.43. The van der Waals surface area contributed by atoms with Gasteiger partial charge in [-0.15, -0.1) is 11.3 Å². The number of nitrogens with one attached hydrogen (secondary N) is 1.